The Bertz CT molecular complexity index is 678. The molecule has 0 aliphatic carbocycles. The van der Waals surface area contributed by atoms with E-state index in [-0.39, 0.29) is 0 Å². The molecule has 0 spiro atoms. The summed E-state index contributed by atoms with van der Waals surface area (Å²) in [6, 6.07) is 14.5. The fourth-order valence-corrected chi connectivity index (χ4v) is 2.18. The van der Waals surface area contributed by atoms with Gasteiger partial charge in [-0.15, -0.1) is 0 Å². The number of nitrogens with one attached hydrogen (secondary N) is 1. The van der Waals surface area contributed by atoms with Crippen LogP contribution in [-0.4, -0.2) is 9.97 Å². The van der Waals surface area contributed by atoms with E-state index in [9.17, 15) is 0 Å². The minimum atomic E-state index is 0.463. The Kier molecular flexibility index (Phi) is 2.11. The quantitative estimate of drug-likeness (QED) is 0.666. The van der Waals surface area contributed by atoms with Crippen molar-refractivity contribution in [3.05, 3.63) is 48.2 Å². The molecule has 0 aliphatic rings. The van der Waals surface area contributed by atoms with Gasteiger partial charge in [0.05, 0.1) is 5.69 Å². The van der Waals surface area contributed by atoms with Gasteiger partial charge in [0, 0.05) is 11.3 Å². The van der Waals surface area contributed by atoms with Crippen molar-refractivity contribution in [1.29, 1.82) is 0 Å². The predicted molar refractivity (Wildman–Crippen MR) is 70.7 cm³/mol. The molecule has 0 amide bonds. The highest BCUT2D eigenvalue weighted by molar-refractivity contribution is 5.96. The number of aromatic amines is 1. The van der Waals surface area contributed by atoms with E-state index >= 15 is 0 Å². The van der Waals surface area contributed by atoms with Gasteiger partial charge in [0.25, 0.3) is 0 Å². The number of aromatic nitrogens is 2. The smallest absolute Gasteiger partial charge is 0.198 e. The van der Waals surface area contributed by atoms with E-state index in [1.165, 1.54) is 10.8 Å². The number of imidazole rings is 1. The molecule has 84 valence electrons. The third-order valence-corrected chi connectivity index (χ3v) is 2.95. The lowest BCUT2D eigenvalue weighted by Crippen LogP contribution is -1.86. The monoisotopic (exact) mass is 223 g/mol. The second-order valence-electron chi connectivity index (χ2n) is 4.12. The number of benzene rings is 2. The summed E-state index contributed by atoms with van der Waals surface area (Å²) in [5.41, 5.74) is 8.74. The Morgan fingerprint density at radius 2 is 1.82 bits per heavy atom. The summed E-state index contributed by atoms with van der Waals surface area (Å²) >= 11 is 0. The average molecular weight is 223 g/mol. The fraction of sp³-hybridized carbons (Fsp3) is 0.0714. The lowest BCUT2D eigenvalue weighted by molar-refractivity contribution is 1.26. The van der Waals surface area contributed by atoms with E-state index < -0.39 is 0 Å². The van der Waals surface area contributed by atoms with Crippen LogP contribution in [0.5, 0.6) is 0 Å². The Labute approximate surface area is 99.3 Å². The van der Waals surface area contributed by atoms with Gasteiger partial charge in [-0.3, -0.25) is 0 Å². The molecule has 3 N–H and O–H groups in total. The summed E-state index contributed by atoms with van der Waals surface area (Å²) in [4.78, 5) is 7.39. The van der Waals surface area contributed by atoms with Crippen LogP contribution in [0.25, 0.3) is 22.0 Å². The average Bonchev–Trinajstić information content (AvgIpc) is 2.68. The lowest BCUT2D eigenvalue weighted by Gasteiger charge is -2.04. The van der Waals surface area contributed by atoms with Crippen molar-refractivity contribution in [2.75, 3.05) is 5.73 Å². The summed E-state index contributed by atoms with van der Waals surface area (Å²) in [6.45, 7) is 1.99. The van der Waals surface area contributed by atoms with Gasteiger partial charge in [0.15, 0.2) is 5.95 Å². The SMILES string of the molecule is Cc1[nH]c(N)nc1-c1cccc2ccccc12. The zero-order chi connectivity index (χ0) is 11.8. The molecule has 1 aromatic heterocycles. The molecule has 17 heavy (non-hydrogen) atoms. The van der Waals surface area contributed by atoms with Crippen molar-refractivity contribution < 1.29 is 0 Å². The maximum atomic E-state index is 5.69. The third kappa shape index (κ3) is 1.56. The van der Waals surface area contributed by atoms with Crippen LogP contribution >= 0.6 is 0 Å². The normalized spacial score (nSPS) is 10.9. The zero-order valence-corrected chi connectivity index (χ0v) is 9.57. The van der Waals surface area contributed by atoms with E-state index in [1.54, 1.807) is 0 Å². The number of hydrogen-bond donors (Lipinski definition) is 2. The van der Waals surface area contributed by atoms with E-state index in [0.717, 1.165) is 17.0 Å². The molecule has 0 atom stereocenters. The number of nitrogens with two attached hydrogens (primary N) is 1. The molecule has 3 aromatic rings. The van der Waals surface area contributed by atoms with Crippen molar-refractivity contribution in [3.8, 4) is 11.3 Å². The van der Waals surface area contributed by atoms with Crippen LogP contribution in [0.15, 0.2) is 42.5 Å². The summed E-state index contributed by atoms with van der Waals surface area (Å²) in [5, 5.41) is 2.41. The highest BCUT2D eigenvalue weighted by atomic mass is 15.0. The largest absolute Gasteiger partial charge is 0.369 e. The molecule has 0 aliphatic heterocycles. The molecule has 3 rings (SSSR count). The summed E-state index contributed by atoms with van der Waals surface area (Å²) in [6.07, 6.45) is 0. The molecule has 2 aromatic carbocycles. The van der Waals surface area contributed by atoms with Gasteiger partial charge in [-0.25, -0.2) is 4.98 Å². The van der Waals surface area contributed by atoms with Crippen molar-refractivity contribution in [1.82, 2.24) is 9.97 Å². The standard InChI is InChI=1S/C14H13N3/c1-9-13(17-14(15)16-9)12-8-4-6-10-5-2-3-7-11(10)12/h2-8H,1H3,(H3,15,16,17). The molecular formula is C14H13N3. The first-order valence-electron chi connectivity index (χ1n) is 5.56. The molecule has 0 fully saturated rings. The molecule has 0 radical (unpaired) electrons. The number of nitrogens with zero attached hydrogens (tertiary/aromatic N) is 1. The Morgan fingerprint density at radius 3 is 2.59 bits per heavy atom. The second-order valence-corrected chi connectivity index (χ2v) is 4.12. The minimum absolute atomic E-state index is 0.463. The number of H-pyrrole nitrogens is 1. The summed E-state index contributed by atoms with van der Waals surface area (Å²) in [7, 11) is 0. The molecule has 0 saturated carbocycles. The first kappa shape index (κ1) is 9.90. The van der Waals surface area contributed by atoms with Crippen LogP contribution in [0.4, 0.5) is 5.95 Å². The zero-order valence-electron chi connectivity index (χ0n) is 9.57. The highest BCUT2D eigenvalue weighted by Gasteiger charge is 2.09. The van der Waals surface area contributed by atoms with Gasteiger partial charge in [0.2, 0.25) is 0 Å². The molecule has 0 saturated heterocycles. The Hall–Kier alpha value is -2.29. The van der Waals surface area contributed by atoms with Crippen LogP contribution in [0.3, 0.4) is 0 Å². The van der Waals surface area contributed by atoms with E-state index in [4.69, 9.17) is 5.73 Å². The van der Waals surface area contributed by atoms with Gasteiger partial charge >= 0.3 is 0 Å². The van der Waals surface area contributed by atoms with Crippen LogP contribution < -0.4 is 5.73 Å². The van der Waals surface area contributed by atoms with E-state index in [1.807, 2.05) is 25.1 Å². The van der Waals surface area contributed by atoms with Gasteiger partial charge < -0.3 is 10.7 Å². The molecule has 1 heterocycles. The Morgan fingerprint density at radius 1 is 1.06 bits per heavy atom. The minimum Gasteiger partial charge on any atom is -0.369 e. The van der Waals surface area contributed by atoms with Crippen molar-refractivity contribution in [2.24, 2.45) is 0 Å². The number of hydrogen-bond acceptors (Lipinski definition) is 2. The number of anilines is 1. The number of fused-ring (bicyclic) bond motifs is 1. The first-order valence-corrected chi connectivity index (χ1v) is 5.56. The van der Waals surface area contributed by atoms with Crippen molar-refractivity contribution in [3.63, 3.8) is 0 Å². The summed E-state index contributed by atoms with van der Waals surface area (Å²) in [5.74, 6) is 0.463. The van der Waals surface area contributed by atoms with Crippen LogP contribution in [0.1, 0.15) is 5.69 Å². The molecule has 3 heteroatoms. The molecule has 0 bridgehead atoms. The van der Waals surface area contributed by atoms with E-state index in [0.29, 0.717) is 5.95 Å². The number of nitrogen functional groups attached to an aromatic ring is 1. The second kappa shape index (κ2) is 3.63. The van der Waals surface area contributed by atoms with Gasteiger partial charge in [0.1, 0.15) is 0 Å². The highest BCUT2D eigenvalue weighted by Crippen LogP contribution is 2.29. The lowest BCUT2D eigenvalue weighted by atomic mass is 10.0. The van der Waals surface area contributed by atoms with Crippen molar-refractivity contribution in [2.45, 2.75) is 6.92 Å². The Balaban J connectivity index is 2.34. The first-order chi connectivity index (χ1) is 8.25. The molecule has 0 unspecified atom stereocenters. The van der Waals surface area contributed by atoms with Crippen LogP contribution in [0.2, 0.25) is 0 Å². The van der Waals surface area contributed by atoms with Crippen LogP contribution in [0, 0.1) is 6.92 Å². The van der Waals surface area contributed by atoms with Crippen molar-refractivity contribution >= 4 is 16.7 Å². The van der Waals surface area contributed by atoms with Gasteiger partial charge in [-0.2, -0.15) is 0 Å². The van der Waals surface area contributed by atoms with Gasteiger partial charge in [-0.05, 0) is 17.7 Å². The topological polar surface area (TPSA) is 54.7 Å². The third-order valence-electron chi connectivity index (χ3n) is 2.95. The van der Waals surface area contributed by atoms with Gasteiger partial charge in [-0.1, -0.05) is 42.5 Å². The number of aryl methyl sites for hydroxylation is 1. The van der Waals surface area contributed by atoms with Crippen LogP contribution in [-0.2, 0) is 0 Å². The predicted octanol–water partition coefficient (Wildman–Crippen LogP) is 3.12. The van der Waals surface area contributed by atoms with E-state index in [2.05, 4.69) is 34.2 Å². The molecular weight excluding hydrogens is 210 g/mol. The fourth-order valence-electron chi connectivity index (χ4n) is 2.18. The molecule has 3 nitrogen and oxygen atoms in total. The summed E-state index contributed by atoms with van der Waals surface area (Å²) < 4.78 is 0. The maximum Gasteiger partial charge on any atom is 0.198 e. The number of rotatable bonds is 1. The maximum absolute atomic E-state index is 5.69.